The van der Waals surface area contributed by atoms with Gasteiger partial charge in [-0.3, -0.25) is 0 Å². The molecule has 0 amide bonds. The van der Waals surface area contributed by atoms with Crippen molar-refractivity contribution in [2.24, 2.45) is 0 Å². The van der Waals surface area contributed by atoms with Gasteiger partial charge in [0.25, 0.3) is 0 Å². The summed E-state index contributed by atoms with van der Waals surface area (Å²) in [4.78, 5) is 11.5. The van der Waals surface area contributed by atoms with E-state index in [1.807, 2.05) is 37.2 Å². The zero-order valence-electron chi connectivity index (χ0n) is 18.7. The number of fused-ring (bicyclic) bond motifs is 1. The smallest absolute Gasteiger partial charge is 0.225 e. The highest BCUT2D eigenvalue weighted by molar-refractivity contribution is 7.80. The molecule has 0 radical (unpaired) electrons. The lowest BCUT2D eigenvalue weighted by molar-refractivity contribution is 0.377. The molecule has 0 saturated heterocycles. The van der Waals surface area contributed by atoms with E-state index in [2.05, 4.69) is 42.8 Å². The second-order valence-electron chi connectivity index (χ2n) is 8.81. The van der Waals surface area contributed by atoms with Gasteiger partial charge in [0.15, 0.2) is 5.11 Å². The van der Waals surface area contributed by atoms with E-state index in [0.717, 1.165) is 53.9 Å². The van der Waals surface area contributed by atoms with Crippen molar-refractivity contribution >= 4 is 52.4 Å². The van der Waals surface area contributed by atoms with Crippen molar-refractivity contribution in [3.8, 4) is 0 Å². The van der Waals surface area contributed by atoms with Crippen LogP contribution in [0.2, 0.25) is 0 Å². The Bertz CT molecular complexity index is 849. The number of thiocarbonyl (C=S) groups is 1. The van der Waals surface area contributed by atoms with Gasteiger partial charge in [-0.1, -0.05) is 19.1 Å². The molecule has 1 heterocycles. The Kier molecular flexibility index (Phi) is 8.50. The molecule has 0 bridgehead atoms. The predicted molar refractivity (Wildman–Crippen MR) is 134 cm³/mol. The molecule has 1 fully saturated rings. The van der Waals surface area contributed by atoms with Crippen LogP contribution in [0.4, 0.5) is 11.8 Å². The molecule has 3 rings (SSSR count). The zero-order valence-corrected chi connectivity index (χ0v) is 20.3. The number of halogens is 1. The summed E-state index contributed by atoms with van der Waals surface area (Å²) in [5.41, 5.74) is 0.999. The third-order valence-corrected chi connectivity index (χ3v) is 5.96. The van der Waals surface area contributed by atoms with Crippen molar-refractivity contribution in [2.45, 2.75) is 70.5 Å². The summed E-state index contributed by atoms with van der Waals surface area (Å²) in [5, 5.41) is 12.3. The number of rotatable bonds is 6. The van der Waals surface area contributed by atoms with Crippen LogP contribution in [-0.2, 0) is 0 Å². The third kappa shape index (κ3) is 6.32. The number of nitrogens with one attached hydrogen (secondary N) is 3. The Morgan fingerprint density at radius 2 is 1.73 bits per heavy atom. The lowest BCUT2D eigenvalue weighted by Crippen LogP contribution is -2.51. The van der Waals surface area contributed by atoms with E-state index < -0.39 is 0 Å². The minimum absolute atomic E-state index is 0. The SMILES string of the molecule is CCC(C)(C)NC(=S)NC1CCC(Nc2nc(N(C)C)c3ccccc3n2)CC1.Cl. The molecular weight excluding hydrogens is 416 g/mol. The van der Waals surface area contributed by atoms with Crippen molar-refractivity contribution in [3.63, 3.8) is 0 Å². The summed E-state index contributed by atoms with van der Waals surface area (Å²) >= 11 is 5.50. The lowest BCUT2D eigenvalue weighted by Gasteiger charge is -2.33. The topological polar surface area (TPSA) is 65.1 Å². The first-order valence-electron chi connectivity index (χ1n) is 10.6. The van der Waals surface area contributed by atoms with Crippen LogP contribution in [0.1, 0.15) is 52.9 Å². The maximum Gasteiger partial charge on any atom is 0.225 e. The number of anilines is 2. The van der Waals surface area contributed by atoms with Gasteiger partial charge >= 0.3 is 0 Å². The molecule has 2 aromatic rings. The fourth-order valence-corrected chi connectivity index (χ4v) is 4.09. The molecule has 0 atom stereocenters. The molecule has 1 saturated carbocycles. The summed E-state index contributed by atoms with van der Waals surface area (Å²) in [6.07, 6.45) is 5.35. The average Bonchev–Trinajstić information content (AvgIpc) is 2.68. The van der Waals surface area contributed by atoms with E-state index in [-0.39, 0.29) is 17.9 Å². The molecule has 0 spiro atoms. The van der Waals surface area contributed by atoms with Gasteiger partial charge in [-0.15, -0.1) is 12.4 Å². The molecule has 8 heteroatoms. The van der Waals surface area contributed by atoms with Crippen molar-refractivity contribution in [1.82, 2.24) is 20.6 Å². The number of benzene rings is 1. The molecule has 1 aliphatic carbocycles. The van der Waals surface area contributed by atoms with E-state index in [4.69, 9.17) is 22.2 Å². The van der Waals surface area contributed by atoms with E-state index >= 15 is 0 Å². The number of hydrogen-bond acceptors (Lipinski definition) is 5. The normalized spacial score (nSPS) is 19.0. The van der Waals surface area contributed by atoms with Gasteiger partial charge < -0.3 is 20.9 Å². The molecule has 0 aliphatic heterocycles. The van der Waals surface area contributed by atoms with E-state index in [1.165, 1.54) is 0 Å². The first-order chi connectivity index (χ1) is 13.8. The van der Waals surface area contributed by atoms with Crippen LogP contribution in [0.5, 0.6) is 0 Å². The Balaban J connectivity index is 0.00000320. The number of hydrogen-bond donors (Lipinski definition) is 3. The molecule has 30 heavy (non-hydrogen) atoms. The lowest BCUT2D eigenvalue weighted by atomic mass is 9.91. The molecule has 6 nitrogen and oxygen atoms in total. The maximum absolute atomic E-state index is 5.50. The van der Waals surface area contributed by atoms with Crippen molar-refractivity contribution in [3.05, 3.63) is 24.3 Å². The Labute approximate surface area is 192 Å². The Morgan fingerprint density at radius 1 is 1.10 bits per heavy atom. The quantitative estimate of drug-likeness (QED) is 0.560. The maximum atomic E-state index is 5.50. The van der Waals surface area contributed by atoms with Crippen molar-refractivity contribution < 1.29 is 0 Å². The monoisotopic (exact) mass is 450 g/mol. The van der Waals surface area contributed by atoms with Gasteiger partial charge in [0.05, 0.1) is 5.52 Å². The highest BCUT2D eigenvalue weighted by Gasteiger charge is 2.24. The van der Waals surface area contributed by atoms with E-state index in [1.54, 1.807) is 0 Å². The van der Waals surface area contributed by atoms with Crippen molar-refractivity contribution in [1.29, 1.82) is 0 Å². The Hall–Kier alpha value is -1.86. The predicted octanol–water partition coefficient (Wildman–Crippen LogP) is 4.49. The molecule has 1 aromatic heterocycles. The molecule has 0 unspecified atom stereocenters. The largest absolute Gasteiger partial charge is 0.362 e. The van der Waals surface area contributed by atoms with Gasteiger partial charge in [0.1, 0.15) is 5.82 Å². The fraction of sp³-hybridized carbons (Fsp3) is 0.591. The van der Waals surface area contributed by atoms with E-state index in [9.17, 15) is 0 Å². The molecule has 3 N–H and O–H groups in total. The van der Waals surface area contributed by atoms with Crippen LogP contribution in [-0.4, -0.2) is 46.8 Å². The number of para-hydroxylation sites is 1. The van der Waals surface area contributed by atoms with Crippen LogP contribution in [0.25, 0.3) is 10.9 Å². The van der Waals surface area contributed by atoms with Gasteiger partial charge in [-0.25, -0.2) is 4.98 Å². The van der Waals surface area contributed by atoms with Crippen LogP contribution in [0, 0.1) is 0 Å². The second kappa shape index (κ2) is 10.4. The highest BCUT2D eigenvalue weighted by Crippen LogP contribution is 2.26. The summed E-state index contributed by atoms with van der Waals surface area (Å²) in [6.45, 7) is 6.52. The third-order valence-electron chi connectivity index (χ3n) is 5.74. The standard InChI is InChI=1S/C22H34N6S.ClH/c1-6-22(2,3)27-21(29)24-16-13-11-15(12-14-16)23-20-25-18-10-8-7-9-17(18)19(26-20)28(4)5;/h7-10,15-16H,6,11-14H2,1-5H3,(H,23,25,26)(H2,24,27,29);1H. The van der Waals surface area contributed by atoms with E-state index in [0.29, 0.717) is 18.0 Å². The number of aromatic nitrogens is 2. The van der Waals surface area contributed by atoms with Gasteiger partial charge in [0.2, 0.25) is 5.95 Å². The van der Waals surface area contributed by atoms with Crippen LogP contribution in [0.3, 0.4) is 0 Å². The van der Waals surface area contributed by atoms with Crippen molar-refractivity contribution in [2.75, 3.05) is 24.3 Å². The second-order valence-corrected chi connectivity index (χ2v) is 9.22. The molecule has 166 valence electrons. The van der Waals surface area contributed by atoms with Gasteiger partial charge in [-0.2, -0.15) is 4.98 Å². The summed E-state index contributed by atoms with van der Waals surface area (Å²) in [6, 6.07) is 8.98. The fourth-order valence-electron chi connectivity index (χ4n) is 3.65. The summed E-state index contributed by atoms with van der Waals surface area (Å²) in [5.74, 6) is 1.66. The number of nitrogens with zero attached hydrogens (tertiary/aromatic N) is 3. The van der Waals surface area contributed by atoms with Crippen LogP contribution >= 0.6 is 24.6 Å². The highest BCUT2D eigenvalue weighted by atomic mass is 35.5. The first kappa shape index (κ1) is 24.4. The Morgan fingerprint density at radius 3 is 2.37 bits per heavy atom. The summed E-state index contributed by atoms with van der Waals surface area (Å²) in [7, 11) is 4.04. The zero-order chi connectivity index (χ0) is 21.0. The van der Waals surface area contributed by atoms with Crippen LogP contribution in [0.15, 0.2) is 24.3 Å². The summed E-state index contributed by atoms with van der Waals surface area (Å²) < 4.78 is 0. The van der Waals surface area contributed by atoms with Gasteiger partial charge in [0, 0.05) is 37.1 Å². The minimum Gasteiger partial charge on any atom is -0.362 e. The molecule has 1 aromatic carbocycles. The van der Waals surface area contributed by atoms with Crippen LogP contribution < -0.4 is 20.9 Å². The molecular formula is C22H35ClN6S. The average molecular weight is 451 g/mol. The van der Waals surface area contributed by atoms with Gasteiger partial charge in [-0.05, 0) is 70.3 Å². The first-order valence-corrected chi connectivity index (χ1v) is 11.0. The minimum atomic E-state index is 0. The molecule has 1 aliphatic rings.